The van der Waals surface area contributed by atoms with Crippen molar-refractivity contribution in [2.75, 3.05) is 6.54 Å². The van der Waals surface area contributed by atoms with Crippen molar-refractivity contribution in [3.8, 4) is 0 Å². The van der Waals surface area contributed by atoms with E-state index in [0.29, 0.717) is 11.1 Å². The minimum Gasteiger partial charge on any atom is -0.479 e. The summed E-state index contributed by atoms with van der Waals surface area (Å²) in [5.41, 5.74) is 0.587. The number of fused-ring (bicyclic) bond motifs is 1. The molecule has 0 aromatic heterocycles. The molecule has 1 heterocycles. The third-order valence-corrected chi connectivity index (χ3v) is 3.08. The Kier molecular flexibility index (Phi) is 4.02. The normalized spacial score (nSPS) is 14.8. The Bertz CT molecular complexity index is 589. The van der Waals surface area contributed by atoms with Crippen LogP contribution in [-0.4, -0.2) is 46.4 Å². The van der Waals surface area contributed by atoms with E-state index < -0.39 is 29.9 Å². The predicted molar refractivity (Wildman–Crippen MR) is 69.6 cm³/mol. The molecule has 1 atom stereocenters. The lowest BCUT2D eigenvalue weighted by Gasteiger charge is -2.17. The Balaban J connectivity index is 2.08. The highest BCUT2D eigenvalue weighted by Crippen LogP contribution is 2.22. The molecule has 1 aromatic carbocycles. The zero-order valence-electron chi connectivity index (χ0n) is 11.2. The highest BCUT2D eigenvalue weighted by atomic mass is 16.6. The van der Waals surface area contributed by atoms with E-state index in [2.05, 4.69) is 4.74 Å². The summed E-state index contributed by atoms with van der Waals surface area (Å²) in [6.45, 7) is 0.967. The van der Waals surface area contributed by atoms with Crippen LogP contribution in [0.4, 0.5) is 0 Å². The molecule has 2 amide bonds. The van der Waals surface area contributed by atoms with E-state index in [1.165, 1.54) is 12.1 Å². The number of amides is 2. The van der Waals surface area contributed by atoms with Crippen LogP contribution >= 0.6 is 0 Å². The van der Waals surface area contributed by atoms with E-state index in [0.717, 1.165) is 11.8 Å². The van der Waals surface area contributed by atoms with Crippen molar-refractivity contribution in [2.24, 2.45) is 0 Å². The van der Waals surface area contributed by atoms with Crippen LogP contribution in [0.1, 0.15) is 34.1 Å². The molecule has 1 aliphatic rings. The van der Waals surface area contributed by atoms with Gasteiger partial charge in [0.15, 0.2) is 6.10 Å². The van der Waals surface area contributed by atoms with Gasteiger partial charge in [0, 0.05) is 19.9 Å². The van der Waals surface area contributed by atoms with E-state index >= 15 is 0 Å². The molecule has 1 aromatic rings. The third-order valence-electron chi connectivity index (χ3n) is 3.08. The summed E-state index contributed by atoms with van der Waals surface area (Å²) in [6.07, 6.45) is -1.53. The molecule has 1 unspecified atom stereocenters. The Morgan fingerprint density at radius 2 is 1.71 bits per heavy atom. The summed E-state index contributed by atoms with van der Waals surface area (Å²) in [6, 6.07) is 6.37. The number of carboxylic acid groups (broad SMARTS) is 1. The molecule has 1 aliphatic heterocycles. The van der Waals surface area contributed by atoms with Crippen LogP contribution in [-0.2, 0) is 14.3 Å². The van der Waals surface area contributed by atoms with E-state index in [9.17, 15) is 19.2 Å². The SMILES string of the molecule is CC(=O)OC(CCN1C(=O)c2ccccc2C1=O)C(=O)O. The van der Waals surface area contributed by atoms with Gasteiger partial charge in [0.1, 0.15) is 0 Å². The quantitative estimate of drug-likeness (QED) is 0.632. The number of carbonyl (C=O) groups excluding carboxylic acids is 3. The van der Waals surface area contributed by atoms with Gasteiger partial charge in [-0.15, -0.1) is 0 Å². The van der Waals surface area contributed by atoms with Crippen LogP contribution in [0.5, 0.6) is 0 Å². The molecule has 0 aliphatic carbocycles. The zero-order valence-corrected chi connectivity index (χ0v) is 11.2. The second-order valence-corrected chi connectivity index (χ2v) is 4.53. The fourth-order valence-corrected chi connectivity index (χ4v) is 2.12. The molecule has 0 fully saturated rings. The number of carboxylic acids is 1. The van der Waals surface area contributed by atoms with Crippen LogP contribution in [0.3, 0.4) is 0 Å². The maximum absolute atomic E-state index is 12.1. The molecule has 0 radical (unpaired) electrons. The summed E-state index contributed by atoms with van der Waals surface area (Å²) in [4.78, 5) is 46.9. The fraction of sp³-hybridized carbons (Fsp3) is 0.286. The lowest BCUT2D eigenvalue weighted by Crippen LogP contribution is -2.35. The molecule has 1 N–H and O–H groups in total. The summed E-state index contributed by atoms with van der Waals surface area (Å²) >= 11 is 0. The van der Waals surface area contributed by atoms with Gasteiger partial charge in [-0.1, -0.05) is 12.1 Å². The van der Waals surface area contributed by atoms with Gasteiger partial charge in [-0.3, -0.25) is 19.3 Å². The monoisotopic (exact) mass is 291 g/mol. The minimum atomic E-state index is -1.38. The first-order chi connectivity index (χ1) is 9.91. The first-order valence-electron chi connectivity index (χ1n) is 6.27. The molecule has 0 spiro atoms. The maximum Gasteiger partial charge on any atom is 0.345 e. The van der Waals surface area contributed by atoms with Crippen LogP contribution in [0.25, 0.3) is 0 Å². The zero-order chi connectivity index (χ0) is 15.6. The molecule has 2 rings (SSSR count). The first kappa shape index (κ1) is 14.7. The van der Waals surface area contributed by atoms with Crippen LogP contribution in [0, 0.1) is 0 Å². The molecule has 0 saturated heterocycles. The Morgan fingerprint density at radius 3 is 2.14 bits per heavy atom. The molecule has 0 bridgehead atoms. The van der Waals surface area contributed by atoms with Crippen molar-refractivity contribution in [1.29, 1.82) is 0 Å². The average molecular weight is 291 g/mol. The van der Waals surface area contributed by atoms with E-state index in [-0.39, 0.29) is 13.0 Å². The second-order valence-electron chi connectivity index (χ2n) is 4.53. The van der Waals surface area contributed by atoms with E-state index in [1.54, 1.807) is 12.1 Å². The largest absolute Gasteiger partial charge is 0.479 e. The van der Waals surface area contributed by atoms with Crippen molar-refractivity contribution < 1.29 is 29.0 Å². The first-order valence-corrected chi connectivity index (χ1v) is 6.27. The number of hydrogen-bond acceptors (Lipinski definition) is 5. The smallest absolute Gasteiger partial charge is 0.345 e. The van der Waals surface area contributed by atoms with Crippen molar-refractivity contribution in [2.45, 2.75) is 19.4 Å². The number of nitrogens with zero attached hydrogens (tertiary/aromatic N) is 1. The van der Waals surface area contributed by atoms with Crippen LogP contribution < -0.4 is 0 Å². The molecule has 21 heavy (non-hydrogen) atoms. The van der Waals surface area contributed by atoms with Crippen molar-refractivity contribution >= 4 is 23.8 Å². The lowest BCUT2D eigenvalue weighted by molar-refractivity contribution is -0.163. The van der Waals surface area contributed by atoms with Crippen LogP contribution in [0.2, 0.25) is 0 Å². The topological polar surface area (TPSA) is 101 Å². The number of hydrogen-bond donors (Lipinski definition) is 1. The molecular formula is C14H13NO6. The number of ether oxygens (including phenoxy) is 1. The molecule has 110 valence electrons. The van der Waals surface area contributed by atoms with Crippen molar-refractivity contribution in [3.05, 3.63) is 35.4 Å². The minimum absolute atomic E-state index is 0.128. The van der Waals surface area contributed by atoms with Gasteiger partial charge in [0.05, 0.1) is 11.1 Å². The van der Waals surface area contributed by atoms with Gasteiger partial charge in [-0.05, 0) is 12.1 Å². The van der Waals surface area contributed by atoms with Gasteiger partial charge in [-0.25, -0.2) is 4.79 Å². The molecule has 7 heteroatoms. The van der Waals surface area contributed by atoms with Gasteiger partial charge in [0.2, 0.25) is 0 Å². The molecular weight excluding hydrogens is 278 g/mol. The van der Waals surface area contributed by atoms with Gasteiger partial charge >= 0.3 is 11.9 Å². The van der Waals surface area contributed by atoms with Gasteiger partial charge < -0.3 is 9.84 Å². The third kappa shape index (κ3) is 2.91. The number of rotatable bonds is 5. The Morgan fingerprint density at radius 1 is 1.19 bits per heavy atom. The average Bonchev–Trinajstić information content (AvgIpc) is 2.67. The van der Waals surface area contributed by atoms with E-state index in [4.69, 9.17) is 5.11 Å². The number of benzene rings is 1. The lowest BCUT2D eigenvalue weighted by atomic mass is 10.1. The number of esters is 1. The second kappa shape index (κ2) is 5.74. The van der Waals surface area contributed by atoms with Crippen LogP contribution in [0.15, 0.2) is 24.3 Å². The summed E-state index contributed by atoms with van der Waals surface area (Å²) in [7, 11) is 0. The molecule has 7 nitrogen and oxygen atoms in total. The maximum atomic E-state index is 12.1. The van der Waals surface area contributed by atoms with Gasteiger partial charge in [-0.2, -0.15) is 0 Å². The van der Waals surface area contributed by atoms with Crippen molar-refractivity contribution in [1.82, 2.24) is 4.90 Å². The fourth-order valence-electron chi connectivity index (χ4n) is 2.12. The number of aliphatic carboxylic acids is 1. The van der Waals surface area contributed by atoms with E-state index in [1.807, 2.05) is 0 Å². The summed E-state index contributed by atoms with van der Waals surface area (Å²) < 4.78 is 4.63. The highest BCUT2D eigenvalue weighted by molar-refractivity contribution is 6.21. The number of imide groups is 1. The summed E-state index contributed by atoms with van der Waals surface area (Å²) in [5, 5.41) is 8.94. The predicted octanol–water partition coefficient (Wildman–Crippen LogP) is 0.689. The Labute approximate surface area is 120 Å². The molecule has 0 saturated carbocycles. The highest BCUT2D eigenvalue weighted by Gasteiger charge is 2.36. The van der Waals surface area contributed by atoms with Crippen molar-refractivity contribution in [3.63, 3.8) is 0 Å². The Hall–Kier alpha value is -2.70. The summed E-state index contributed by atoms with van der Waals surface area (Å²) in [5.74, 6) is -2.99. The number of carbonyl (C=O) groups is 4. The van der Waals surface area contributed by atoms with Gasteiger partial charge in [0.25, 0.3) is 11.8 Å². The standard InChI is InChI=1S/C14H13NO6/c1-8(16)21-11(14(19)20)6-7-15-12(17)9-4-2-3-5-10(9)13(15)18/h2-5,11H,6-7H2,1H3,(H,19,20).